The topological polar surface area (TPSA) is 84.7 Å². The molecule has 7 nitrogen and oxygen atoms in total. The van der Waals surface area contributed by atoms with Crippen LogP contribution in [0.2, 0.25) is 5.02 Å². The van der Waals surface area contributed by atoms with E-state index in [0.717, 1.165) is 5.69 Å². The van der Waals surface area contributed by atoms with Crippen LogP contribution >= 0.6 is 11.6 Å². The Morgan fingerprint density at radius 2 is 1.83 bits per heavy atom. The van der Waals surface area contributed by atoms with Crippen LogP contribution in [0.5, 0.6) is 0 Å². The first kappa shape index (κ1) is 15.9. The van der Waals surface area contributed by atoms with Gasteiger partial charge in [0.2, 0.25) is 0 Å². The molecule has 0 unspecified atom stereocenters. The Morgan fingerprint density at radius 3 is 2.54 bits per heavy atom. The smallest absolute Gasteiger partial charge is 0.319 e. The van der Waals surface area contributed by atoms with E-state index in [4.69, 9.17) is 11.6 Å². The zero-order valence-electron chi connectivity index (χ0n) is 12.3. The first-order chi connectivity index (χ1) is 11.6. The Balaban J connectivity index is 1.63. The van der Waals surface area contributed by atoms with Gasteiger partial charge in [-0.15, -0.1) is 5.10 Å². The number of urea groups is 1. The van der Waals surface area contributed by atoms with Gasteiger partial charge in [0, 0.05) is 10.7 Å². The molecule has 0 atom stereocenters. The summed E-state index contributed by atoms with van der Waals surface area (Å²) < 4.78 is 14.3. The van der Waals surface area contributed by atoms with Gasteiger partial charge in [0.05, 0.1) is 12.2 Å². The SMILES string of the molecule is O=C(NCc1nnnn1-c1ccc(Cl)cc1)Nc1ccc(F)cc1. The van der Waals surface area contributed by atoms with E-state index in [9.17, 15) is 9.18 Å². The number of carbonyl (C=O) groups is 1. The van der Waals surface area contributed by atoms with Gasteiger partial charge in [-0.2, -0.15) is 4.68 Å². The van der Waals surface area contributed by atoms with Crippen LogP contribution in [-0.2, 0) is 6.54 Å². The highest BCUT2D eigenvalue weighted by Crippen LogP contribution is 2.13. The lowest BCUT2D eigenvalue weighted by Gasteiger charge is -2.08. The minimum absolute atomic E-state index is 0.114. The summed E-state index contributed by atoms with van der Waals surface area (Å²) in [6, 6.07) is 12.0. The van der Waals surface area contributed by atoms with E-state index in [1.807, 2.05) is 0 Å². The molecule has 122 valence electrons. The average molecular weight is 347 g/mol. The van der Waals surface area contributed by atoms with E-state index in [-0.39, 0.29) is 12.4 Å². The van der Waals surface area contributed by atoms with Crippen LogP contribution in [-0.4, -0.2) is 26.2 Å². The fourth-order valence-corrected chi connectivity index (χ4v) is 2.09. The van der Waals surface area contributed by atoms with Crippen molar-refractivity contribution in [3.8, 4) is 5.69 Å². The lowest BCUT2D eigenvalue weighted by atomic mass is 10.3. The van der Waals surface area contributed by atoms with Gasteiger partial charge in [0.25, 0.3) is 0 Å². The quantitative estimate of drug-likeness (QED) is 0.760. The molecule has 0 aliphatic rings. The summed E-state index contributed by atoms with van der Waals surface area (Å²) in [5, 5.41) is 17.2. The largest absolute Gasteiger partial charge is 0.330 e. The zero-order chi connectivity index (χ0) is 16.9. The maximum atomic E-state index is 12.8. The summed E-state index contributed by atoms with van der Waals surface area (Å²) in [6.45, 7) is 0.114. The fraction of sp³-hybridized carbons (Fsp3) is 0.0667. The number of hydrogen-bond donors (Lipinski definition) is 2. The molecule has 1 heterocycles. The van der Waals surface area contributed by atoms with Crippen molar-refractivity contribution >= 4 is 23.3 Å². The molecule has 9 heteroatoms. The highest BCUT2D eigenvalue weighted by atomic mass is 35.5. The molecule has 0 spiro atoms. The summed E-state index contributed by atoms with van der Waals surface area (Å²) in [4.78, 5) is 11.9. The van der Waals surface area contributed by atoms with Crippen molar-refractivity contribution in [3.05, 3.63) is 65.2 Å². The number of rotatable bonds is 4. The Hall–Kier alpha value is -3.00. The number of carbonyl (C=O) groups excluding carboxylic acids is 1. The molecule has 1 aromatic heterocycles. The number of anilines is 1. The number of nitrogens with zero attached hydrogens (tertiary/aromatic N) is 4. The maximum absolute atomic E-state index is 12.8. The minimum atomic E-state index is -0.452. The molecule has 2 N–H and O–H groups in total. The van der Waals surface area contributed by atoms with E-state index < -0.39 is 6.03 Å². The third kappa shape index (κ3) is 3.85. The summed E-state index contributed by atoms with van der Waals surface area (Å²) in [7, 11) is 0. The van der Waals surface area contributed by atoms with Gasteiger partial charge < -0.3 is 10.6 Å². The van der Waals surface area contributed by atoms with E-state index in [2.05, 4.69) is 26.2 Å². The van der Waals surface area contributed by atoms with Gasteiger partial charge >= 0.3 is 6.03 Å². The number of amides is 2. The lowest BCUT2D eigenvalue weighted by Crippen LogP contribution is -2.29. The highest BCUT2D eigenvalue weighted by Gasteiger charge is 2.10. The molecule has 24 heavy (non-hydrogen) atoms. The molecule has 0 saturated heterocycles. The molecular formula is C15H12ClFN6O. The number of hydrogen-bond acceptors (Lipinski definition) is 4. The van der Waals surface area contributed by atoms with Crippen LogP contribution in [0.4, 0.5) is 14.9 Å². The normalized spacial score (nSPS) is 10.4. The molecule has 2 aromatic carbocycles. The van der Waals surface area contributed by atoms with Crippen molar-refractivity contribution in [3.63, 3.8) is 0 Å². The number of benzene rings is 2. The van der Waals surface area contributed by atoms with Gasteiger partial charge in [-0.25, -0.2) is 9.18 Å². The predicted octanol–water partition coefficient (Wildman–Crippen LogP) is 2.78. The van der Waals surface area contributed by atoms with Crippen LogP contribution in [0.15, 0.2) is 48.5 Å². The third-order valence-corrected chi connectivity index (χ3v) is 3.37. The van der Waals surface area contributed by atoms with Gasteiger partial charge in [-0.3, -0.25) is 0 Å². The van der Waals surface area contributed by atoms with Crippen LogP contribution in [0.25, 0.3) is 5.69 Å². The second-order valence-electron chi connectivity index (χ2n) is 4.80. The van der Waals surface area contributed by atoms with Crippen molar-refractivity contribution in [2.75, 3.05) is 5.32 Å². The first-order valence-electron chi connectivity index (χ1n) is 6.95. The molecule has 0 fully saturated rings. The van der Waals surface area contributed by atoms with E-state index in [0.29, 0.717) is 16.5 Å². The third-order valence-electron chi connectivity index (χ3n) is 3.11. The van der Waals surface area contributed by atoms with Gasteiger partial charge in [0.15, 0.2) is 5.82 Å². The van der Waals surface area contributed by atoms with Crippen molar-refractivity contribution in [1.82, 2.24) is 25.5 Å². The van der Waals surface area contributed by atoms with Crippen molar-refractivity contribution in [2.45, 2.75) is 6.54 Å². The number of nitrogens with one attached hydrogen (secondary N) is 2. The van der Waals surface area contributed by atoms with E-state index in [1.165, 1.54) is 28.9 Å². The maximum Gasteiger partial charge on any atom is 0.319 e. The fourth-order valence-electron chi connectivity index (χ4n) is 1.97. The summed E-state index contributed by atoms with van der Waals surface area (Å²) in [5.74, 6) is 0.0784. The van der Waals surface area contributed by atoms with Crippen molar-refractivity contribution < 1.29 is 9.18 Å². The lowest BCUT2D eigenvalue weighted by molar-refractivity contribution is 0.251. The van der Waals surface area contributed by atoms with Gasteiger partial charge in [-0.1, -0.05) is 11.6 Å². The Bertz CT molecular complexity index is 834. The summed E-state index contributed by atoms with van der Waals surface area (Å²) in [5.41, 5.74) is 1.20. The molecule has 0 aliphatic carbocycles. The van der Waals surface area contributed by atoms with Crippen LogP contribution in [0, 0.1) is 5.82 Å². The zero-order valence-corrected chi connectivity index (χ0v) is 13.0. The molecule has 3 aromatic rings. The molecule has 2 amide bonds. The molecule has 0 radical (unpaired) electrons. The second-order valence-corrected chi connectivity index (χ2v) is 5.23. The first-order valence-corrected chi connectivity index (χ1v) is 7.33. The number of aromatic nitrogens is 4. The van der Waals surface area contributed by atoms with Crippen LogP contribution in [0.1, 0.15) is 5.82 Å². The Morgan fingerprint density at radius 1 is 1.12 bits per heavy atom. The minimum Gasteiger partial charge on any atom is -0.330 e. The molecule has 3 rings (SSSR count). The van der Waals surface area contributed by atoms with E-state index >= 15 is 0 Å². The molecular weight excluding hydrogens is 335 g/mol. The predicted molar refractivity (Wildman–Crippen MR) is 86.4 cm³/mol. The van der Waals surface area contributed by atoms with Crippen LogP contribution in [0.3, 0.4) is 0 Å². The van der Waals surface area contributed by atoms with Crippen LogP contribution < -0.4 is 10.6 Å². The summed E-state index contributed by atoms with van der Waals surface area (Å²) >= 11 is 5.85. The number of tetrazole rings is 1. The average Bonchev–Trinajstić information content (AvgIpc) is 3.04. The molecule has 0 saturated carbocycles. The highest BCUT2D eigenvalue weighted by molar-refractivity contribution is 6.30. The second kappa shape index (κ2) is 7.05. The Labute approximate surface area is 141 Å². The van der Waals surface area contributed by atoms with Gasteiger partial charge in [-0.05, 0) is 59.0 Å². The molecule has 0 aliphatic heterocycles. The number of halogens is 2. The Kier molecular flexibility index (Phi) is 4.66. The summed E-state index contributed by atoms with van der Waals surface area (Å²) in [6.07, 6.45) is 0. The molecule has 0 bridgehead atoms. The van der Waals surface area contributed by atoms with E-state index in [1.54, 1.807) is 24.3 Å². The van der Waals surface area contributed by atoms with Gasteiger partial charge in [0.1, 0.15) is 5.82 Å². The standard InChI is InChI=1S/C15H12ClFN6O/c16-10-1-7-13(8-2-10)23-14(20-21-22-23)9-18-15(24)19-12-5-3-11(17)4-6-12/h1-8H,9H2,(H2,18,19,24). The van der Waals surface area contributed by atoms with Crippen molar-refractivity contribution in [1.29, 1.82) is 0 Å². The monoisotopic (exact) mass is 346 g/mol. The van der Waals surface area contributed by atoms with Crippen molar-refractivity contribution in [2.24, 2.45) is 0 Å².